The van der Waals surface area contributed by atoms with E-state index in [2.05, 4.69) is 57.2 Å². The Kier molecular flexibility index (Phi) is 50.3. The number of unbranched alkanes of at least 4 members (excludes halogenated alkanes) is 35. The molecule has 0 heterocycles. The summed E-state index contributed by atoms with van der Waals surface area (Å²) < 4.78 is 16.8. The molecule has 0 radical (unpaired) electrons. The van der Waals surface area contributed by atoms with Crippen molar-refractivity contribution in [3.63, 3.8) is 0 Å². The van der Waals surface area contributed by atoms with Gasteiger partial charge in [0.25, 0.3) is 0 Å². The standard InChI is InChI=1S/C57H104O6/c1-4-7-10-13-16-19-22-25-27-28-30-32-35-38-41-44-47-50-56(59)62-53-54(52-61-55(58)49-46-43-40-37-34-31-24-21-18-15-12-9-6-3)63-57(60)51-48-45-42-39-36-33-29-26-23-20-17-14-11-8-5-2/h9,12,15,18,21,24,54H,4-8,10-11,13-14,16-17,19-20,22-23,25-53H2,1-3H3/b12-9-,18-15-,24-21-. The molecule has 6 nitrogen and oxygen atoms in total. The lowest BCUT2D eigenvalue weighted by atomic mass is 10.0. The minimum Gasteiger partial charge on any atom is -0.462 e. The first-order valence-electron chi connectivity index (χ1n) is 27.5. The van der Waals surface area contributed by atoms with Crippen molar-refractivity contribution < 1.29 is 28.6 Å². The van der Waals surface area contributed by atoms with Crippen LogP contribution in [0, 0.1) is 0 Å². The van der Waals surface area contributed by atoms with E-state index in [-0.39, 0.29) is 31.1 Å². The van der Waals surface area contributed by atoms with E-state index in [1.165, 1.54) is 167 Å². The van der Waals surface area contributed by atoms with Gasteiger partial charge in [0.2, 0.25) is 0 Å². The molecule has 0 aliphatic heterocycles. The molecule has 0 aromatic carbocycles. The van der Waals surface area contributed by atoms with Gasteiger partial charge in [0, 0.05) is 19.3 Å². The minimum atomic E-state index is -0.775. The molecule has 63 heavy (non-hydrogen) atoms. The summed E-state index contributed by atoms with van der Waals surface area (Å²) in [5, 5.41) is 0. The maximum Gasteiger partial charge on any atom is 0.306 e. The Morgan fingerprint density at radius 2 is 0.619 bits per heavy atom. The molecule has 0 amide bonds. The summed E-state index contributed by atoms with van der Waals surface area (Å²) in [7, 11) is 0. The van der Waals surface area contributed by atoms with E-state index in [4.69, 9.17) is 14.2 Å². The molecular weight excluding hydrogens is 781 g/mol. The van der Waals surface area contributed by atoms with Gasteiger partial charge < -0.3 is 14.2 Å². The smallest absolute Gasteiger partial charge is 0.306 e. The van der Waals surface area contributed by atoms with Gasteiger partial charge in [-0.3, -0.25) is 14.4 Å². The van der Waals surface area contributed by atoms with Crippen LogP contribution in [-0.4, -0.2) is 37.2 Å². The van der Waals surface area contributed by atoms with Crippen molar-refractivity contribution in [2.75, 3.05) is 13.2 Å². The molecule has 6 heteroatoms. The van der Waals surface area contributed by atoms with E-state index in [1.807, 2.05) is 0 Å². The number of allylic oxidation sites excluding steroid dienone is 6. The first-order valence-corrected chi connectivity index (χ1v) is 27.5. The largest absolute Gasteiger partial charge is 0.462 e. The Morgan fingerprint density at radius 3 is 0.952 bits per heavy atom. The average Bonchev–Trinajstić information content (AvgIpc) is 3.28. The molecule has 0 bridgehead atoms. The van der Waals surface area contributed by atoms with Gasteiger partial charge >= 0.3 is 17.9 Å². The fourth-order valence-corrected chi connectivity index (χ4v) is 8.09. The van der Waals surface area contributed by atoms with Crippen LogP contribution in [0.2, 0.25) is 0 Å². The second-order valence-corrected chi connectivity index (χ2v) is 18.5. The average molecular weight is 885 g/mol. The monoisotopic (exact) mass is 885 g/mol. The molecule has 0 aromatic heterocycles. The summed E-state index contributed by atoms with van der Waals surface area (Å²) in [6, 6.07) is 0. The zero-order chi connectivity index (χ0) is 45.8. The number of carbonyl (C=O) groups excluding carboxylic acids is 3. The SMILES string of the molecule is CC\C=C/C=C\C=C/CCCCCCCC(=O)OCC(COC(=O)CCCCCCCCCCCCCCCCCCC)OC(=O)CCCCCCCCCCCCCCCCC. The Bertz CT molecular complexity index is 1060. The summed E-state index contributed by atoms with van der Waals surface area (Å²) in [5.41, 5.74) is 0. The van der Waals surface area contributed by atoms with Crippen LogP contribution in [0.25, 0.3) is 0 Å². The van der Waals surface area contributed by atoms with Crippen molar-refractivity contribution in [2.45, 2.75) is 297 Å². The number of hydrogen-bond donors (Lipinski definition) is 0. The Hall–Kier alpha value is -2.37. The fourth-order valence-electron chi connectivity index (χ4n) is 8.09. The summed E-state index contributed by atoms with van der Waals surface area (Å²) in [6.45, 7) is 6.53. The Labute approximate surface area is 391 Å². The van der Waals surface area contributed by atoms with Gasteiger partial charge in [-0.25, -0.2) is 0 Å². The number of esters is 3. The van der Waals surface area contributed by atoms with Crippen LogP contribution in [0.15, 0.2) is 36.5 Å². The number of hydrogen-bond acceptors (Lipinski definition) is 6. The maximum atomic E-state index is 12.8. The zero-order valence-electron chi connectivity index (χ0n) is 42.1. The second kappa shape index (κ2) is 52.3. The molecule has 0 fully saturated rings. The van der Waals surface area contributed by atoms with Gasteiger partial charge in [-0.05, 0) is 38.5 Å². The van der Waals surface area contributed by atoms with Crippen molar-refractivity contribution in [2.24, 2.45) is 0 Å². The number of ether oxygens (including phenoxy) is 3. The van der Waals surface area contributed by atoms with Crippen LogP contribution in [-0.2, 0) is 28.6 Å². The lowest BCUT2D eigenvalue weighted by Crippen LogP contribution is -2.30. The molecule has 368 valence electrons. The molecule has 0 rings (SSSR count). The third-order valence-electron chi connectivity index (χ3n) is 12.2. The lowest BCUT2D eigenvalue weighted by molar-refractivity contribution is -0.167. The Morgan fingerprint density at radius 1 is 0.333 bits per heavy atom. The molecular formula is C57H104O6. The maximum absolute atomic E-state index is 12.8. The first-order chi connectivity index (χ1) is 31.0. The third-order valence-corrected chi connectivity index (χ3v) is 12.2. The van der Waals surface area contributed by atoms with Gasteiger partial charge in [0.15, 0.2) is 6.10 Å². The molecule has 0 saturated heterocycles. The van der Waals surface area contributed by atoms with Crippen LogP contribution in [0.3, 0.4) is 0 Å². The van der Waals surface area contributed by atoms with Gasteiger partial charge in [-0.1, -0.05) is 269 Å². The van der Waals surface area contributed by atoms with Crippen LogP contribution < -0.4 is 0 Å². The number of rotatable bonds is 50. The summed E-state index contributed by atoms with van der Waals surface area (Å²) >= 11 is 0. The van der Waals surface area contributed by atoms with Crippen molar-refractivity contribution in [1.29, 1.82) is 0 Å². The molecule has 0 N–H and O–H groups in total. The van der Waals surface area contributed by atoms with Gasteiger partial charge in [0.1, 0.15) is 13.2 Å². The molecule has 0 aliphatic carbocycles. The van der Waals surface area contributed by atoms with E-state index >= 15 is 0 Å². The third kappa shape index (κ3) is 50.5. The van der Waals surface area contributed by atoms with E-state index in [0.717, 1.165) is 83.5 Å². The summed E-state index contributed by atoms with van der Waals surface area (Å²) in [4.78, 5) is 38.0. The fraction of sp³-hybridized carbons (Fsp3) is 0.842. The molecule has 1 atom stereocenters. The van der Waals surface area contributed by atoms with E-state index in [9.17, 15) is 14.4 Å². The van der Waals surface area contributed by atoms with Crippen LogP contribution in [0.1, 0.15) is 290 Å². The molecule has 0 saturated carbocycles. The first kappa shape index (κ1) is 60.6. The highest BCUT2D eigenvalue weighted by Crippen LogP contribution is 2.17. The second-order valence-electron chi connectivity index (χ2n) is 18.5. The van der Waals surface area contributed by atoms with Gasteiger partial charge in [0.05, 0.1) is 0 Å². The molecule has 0 aromatic rings. The normalized spacial score (nSPS) is 12.2. The lowest BCUT2D eigenvalue weighted by Gasteiger charge is -2.18. The molecule has 0 spiro atoms. The zero-order valence-corrected chi connectivity index (χ0v) is 42.1. The van der Waals surface area contributed by atoms with Crippen molar-refractivity contribution in [3.05, 3.63) is 36.5 Å². The minimum absolute atomic E-state index is 0.0741. The van der Waals surface area contributed by atoms with Crippen molar-refractivity contribution >= 4 is 17.9 Å². The quantitative estimate of drug-likeness (QED) is 0.0262. The van der Waals surface area contributed by atoms with Crippen LogP contribution in [0.5, 0.6) is 0 Å². The van der Waals surface area contributed by atoms with E-state index < -0.39 is 6.10 Å². The molecule has 1 unspecified atom stereocenters. The molecule has 0 aliphatic rings. The topological polar surface area (TPSA) is 78.9 Å². The highest BCUT2D eigenvalue weighted by Gasteiger charge is 2.19. The van der Waals surface area contributed by atoms with E-state index in [0.29, 0.717) is 19.3 Å². The summed E-state index contributed by atoms with van der Waals surface area (Å²) in [5.74, 6) is -0.879. The predicted octanol–water partition coefficient (Wildman–Crippen LogP) is 18.1. The van der Waals surface area contributed by atoms with Gasteiger partial charge in [-0.2, -0.15) is 0 Å². The van der Waals surface area contributed by atoms with E-state index in [1.54, 1.807) is 0 Å². The highest BCUT2D eigenvalue weighted by atomic mass is 16.6. The Balaban J connectivity index is 4.33. The van der Waals surface area contributed by atoms with Crippen LogP contribution >= 0.6 is 0 Å². The summed E-state index contributed by atoms with van der Waals surface area (Å²) in [6.07, 6.45) is 61.3. The van der Waals surface area contributed by atoms with Gasteiger partial charge in [-0.15, -0.1) is 0 Å². The van der Waals surface area contributed by atoms with Crippen molar-refractivity contribution in [1.82, 2.24) is 0 Å². The highest BCUT2D eigenvalue weighted by molar-refractivity contribution is 5.71. The van der Waals surface area contributed by atoms with Crippen molar-refractivity contribution in [3.8, 4) is 0 Å². The number of carbonyl (C=O) groups is 3. The predicted molar refractivity (Wildman–Crippen MR) is 270 cm³/mol. The van der Waals surface area contributed by atoms with Crippen LogP contribution in [0.4, 0.5) is 0 Å².